The van der Waals surface area contributed by atoms with Crippen LogP contribution in [0.5, 0.6) is 0 Å². The second kappa shape index (κ2) is 10.3. The van der Waals surface area contributed by atoms with Gasteiger partial charge in [0.25, 0.3) is 0 Å². The van der Waals surface area contributed by atoms with Crippen molar-refractivity contribution in [3.05, 3.63) is 34.9 Å². The van der Waals surface area contributed by atoms with Crippen LogP contribution in [0.2, 0.25) is 0 Å². The second-order valence-electron chi connectivity index (χ2n) is 7.69. The number of urea groups is 1. The molecule has 0 atom stereocenters. The molecule has 1 saturated heterocycles. The van der Waals surface area contributed by atoms with Gasteiger partial charge in [-0.1, -0.05) is 23.9 Å². The maximum atomic E-state index is 12.6. The van der Waals surface area contributed by atoms with Crippen molar-refractivity contribution >= 4 is 51.6 Å². The van der Waals surface area contributed by atoms with E-state index in [2.05, 4.69) is 11.0 Å². The SMILES string of the molecule is CCN(CC)C(=O)N1CCN(Cn2nc(CSc3nc4ccccc4s3)n(C)c2=S)CC1. The Labute approximate surface area is 201 Å². The Balaban J connectivity index is 1.35. The minimum Gasteiger partial charge on any atom is -0.325 e. The molecule has 32 heavy (non-hydrogen) atoms. The molecule has 0 bridgehead atoms. The van der Waals surface area contributed by atoms with Crippen LogP contribution >= 0.6 is 35.3 Å². The Kier molecular flexibility index (Phi) is 7.49. The van der Waals surface area contributed by atoms with Gasteiger partial charge in [-0.3, -0.25) is 4.90 Å². The molecule has 1 aromatic carbocycles. The summed E-state index contributed by atoms with van der Waals surface area (Å²) in [6.07, 6.45) is 0. The normalized spacial score (nSPS) is 14.9. The van der Waals surface area contributed by atoms with Gasteiger partial charge in [-0.2, -0.15) is 5.10 Å². The molecule has 2 amide bonds. The van der Waals surface area contributed by atoms with E-state index in [1.54, 1.807) is 23.1 Å². The van der Waals surface area contributed by atoms with E-state index in [0.717, 1.165) is 60.7 Å². The second-order valence-corrected chi connectivity index (χ2v) is 10.3. The molecule has 0 aliphatic carbocycles. The zero-order valence-electron chi connectivity index (χ0n) is 18.7. The number of thiazole rings is 1. The van der Waals surface area contributed by atoms with Gasteiger partial charge in [-0.25, -0.2) is 14.5 Å². The van der Waals surface area contributed by atoms with Crippen molar-refractivity contribution in [2.75, 3.05) is 39.3 Å². The topological polar surface area (TPSA) is 62.4 Å². The zero-order valence-corrected chi connectivity index (χ0v) is 21.2. The summed E-state index contributed by atoms with van der Waals surface area (Å²) in [6.45, 7) is 9.28. The average Bonchev–Trinajstić information content (AvgIpc) is 3.35. The Morgan fingerprint density at radius 3 is 2.59 bits per heavy atom. The first-order valence-electron chi connectivity index (χ1n) is 10.9. The van der Waals surface area contributed by atoms with Crippen LogP contribution in [0.15, 0.2) is 28.6 Å². The molecule has 1 fully saturated rings. The van der Waals surface area contributed by atoms with Gasteiger partial charge in [-0.05, 0) is 38.2 Å². The van der Waals surface area contributed by atoms with Crippen molar-refractivity contribution in [3.8, 4) is 0 Å². The Morgan fingerprint density at radius 1 is 1.19 bits per heavy atom. The summed E-state index contributed by atoms with van der Waals surface area (Å²) in [5, 5.41) is 4.78. The zero-order chi connectivity index (χ0) is 22.7. The highest BCUT2D eigenvalue weighted by molar-refractivity contribution is 8.00. The third-order valence-corrected chi connectivity index (χ3v) is 8.40. The Hall–Kier alpha value is -1.95. The first kappa shape index (κ1) is 23.2. The van der Waals surface area contributed by atoms with Gasteiger partial charge in [0.1, 0.15) is 5.82 Å². The minimum atomic E-state index is 0.137. The van der Waals surface area contributed by atoms with Crippen LogP contribution in [0, 0.1) is 4.77 Å². The van der Waals surface area contributed by atoms with Gasteiger partial charge in [0.2, 0.25) is 0 Å². The molecule has 2 aromatic heterocycles. The maximum Gasteiger partial charge on any atom is 0.320 e. The van der Waals surface area contributed by atoms with E-state index in [1.165, 1.54) is 4.70 Å². The smallest absolute Gasteiger partial charge is 0.320 e. The molecular weight excluding hydrogens is 462 g/mol. The number of rotatable bonds is 7. The van der Waals surface area contributed by atoms with E-state index < -0.39 is 0 Å². The highest BCUT2D eigenvalue weighted by atomic mass is 32.2. The number of benzene rings is 1. The highest BCUT2D eigenvalue weighted by Gasteiger charge is 2.24. The lowest BCUT2D eigenvalue weighted by atomic mass is 10.3. The number of aromatic nitrogens is 4. The van der Waals surface area contributed by atoms with Crippen molar-refractivity contribution in [1.82, 2.24) is 34.0 Å². The van der Waals surface area contributed by atoms with Crippen LogP contribution in [-0.2, 0) is 19.5 Å². The molecule has 11 heteroatoms. The lowest BCUT2D eigenvalue weighted by Crippen LogP contribution is -2.53. The van der Waals surface area contributed by atoms with Crippen molar-refractivity contribution < 1.29 is 4.79 Å². The van der Waals surface area contributed by atoms with E-state index in [9.17, 15) is 4.79 Å². The lowest BCUT2D eigenvalue weighted by Gasteiger charge is -2.36. The molecule has 0 radical (unpaired) electrons. The largest absolute Gasteiger partial charge is 0.325 e. The van der Waals surface area contributed by atoms with E-state index in [4.69, 9.17) is 22.3 Å². The predicted octanol–water partition coefficient (Wildman–Crippen LogP) is 3.89. The molecule has 1 aliphatic rings. The lowest BCUT2D eigenvalue weighted by molar-refractivity contribution is 0.0968. The summed E-state index contributed by atoms with van der Waals surface area (Å²) in [7, 11) is 1.97. The number of para-hydroxylation sites is 1. The number of thioether (sulfide) groups is 1. The van der Waals surface area contributed by atoms with Gasteiger partial charge < -0.3 is 14.4 Å². The third-order valence-electron chi connectivity index (χ3n) is 5.74. The highest BCUT2D eigenvalue weighted by Crippen LogP contribution is 2.31. The number of fused-ring (bicyclic) bond motifs is 1. The molecule has 0 unspecified atom stereocenters. The van der Waals surface area contributed by atoms with Crippen LogP contribution in [0.3, 0.4) is 0 Å². The monoisotopic (exact) mass is 491 g/mol. The van der Waals surface area contributed by atoms with Crippen LogP contribution in [-0.4, -0.2) is 79.3 Å². The van der Waals surface area contributed by atoms with Crippen LogP contribution in [0.1, 0.15) is 19.7 Å². The summed E-state index contributed by atoms with van der Waals surface area (Å²) < 4.78 is 6.83. The van der Waals surface area contributed by atoms with Crippen molar-refractivity contribution in [2.24, 2.45) is 7.05 Å². The van der Waals surface area contributed by atoms with E-state index in [1.807, 2.05) is 58.1 Å². The number of hydrogen-bond donors (Lipinski definition) is 0. The quantitative estimate of drug-likeness (QED) is 0.369. The molecular formula is C21H29N7OS3. The summed E-state index contributed by atoms with van der Waals surface area (Å²) in [5.41, 5.74) is 1.04. The molecule has 0 spiro atoms. The minimum absolute atomic E-state index is 0.137. The van der Waals surface area contributed by atoms with Crippen molar-refractivity contribution in [3.63, 3.8) is 0 Å². The Bertz CT molecular complexity index is 1090. The first-order valence-corrected chi connectivity index (χ1v) is 13.1. The molecule has 3 heterocycles. The fourth-order valence-corrected chi connectivity index (χ4v) is 6.00. The standard InChI is InChI=1S/C21H29N7OS3/c1-4-26(5-2)20(29)27-12-10-25(11-13-27)15-28-21(30)24(3)18(23-28)14-31-19-22-16-8-6-7-9-17(16)32-19/h6-9H,4-5,10-15H2,1-3H3. The number of carbonyl (C=O) groups excluding carboxylic acids is 1. The van der Waals surface area contributed by atoms with E-state index in [0.29, 0.717) is 11.4 Å². The summed E-state index contributed by atoms with van der Waals surface area (Å²) in [4.78, 5) is 23.4. The molecule has 172 valence electrons. The summed E-state index contributed by atoms with van der Waals surface area (Å²) in [5.74, 6) is 1.66. The third kappa shape index (κ3) is 5.00. The van der Waals surface area contributed by atoms with Crippen LogP contribution in [0.25, 0.3) is 10.2 Å². The van der Waals surface area contributed by atoms with Crippen LogP contribution < -0.4 is 0 Å². The summed E-state index contributed by atoms with van der Waals surface area (Å²) >= 11 is 9.04. The van der Waals surface area contributed by atoms with Crippen molar-refractivity contribution in [1.29, 1.82) is 0 Å². The number of piperazine rings is 1. The predicted molar refractivity (Wildman–Crippen MR) is 133 cm³/mol. The van der Waals surface area contributed by atoms with Gasteiger partial charge >= 0.3 is 6.03 Å². The fourth-order valence-electron chi connectivity index (χ4n) is 3.75. The van der Waals surface area contributed by atoms with Gasteiger partial charge in [0.05, 0.1) is 22.6 Å². The van der Waals surface area contributed by atoms with Crippen molar-refractivity contribution in [2.45, 2.75) is 30.6 Å². The van der Waals surface area contributed by atoms with E-state index in [-0.39, 0.29) is 6.03 Å². The molecule has 0 N–H and O–H groups in total. The van der Waals surface area contributed by atoms with E-state index >= 15 is 0 Å². The van der Waals surface area contributed by atoms with Crippen LogP contribution in [0.4, 0.5) is 4.79 Å². The molecule has 1 aliphatic heterocycles. The molecule has 0 saturated carbocycles. The van der Waals surface area contributed by atoms with Gasteiger partial charge in [0, 0.05) is 46.3 Å². The Morgan fingerprint density at radius 2 is 1.91 bits per heavy atom. The molecule has 4 rings (SSSR count). The maximum absolute atomic E-state index is 12.6. The number of nitrogens with zero attached hydrogens (tertiary/aromatic N) is 7. The van der Waals surface area contributed by atoms with Gasteiger partial charge in [0.15, 0.2) is 9.11 Å². The average molecular weight is 492 g/mol. The number of amides is 2. The number of hydrogen-bond acceptors (Lipinski definition) is 7. The summed E-state index contributed by atoms with van der Waals surface area (Å²) in [6, 6.07) is 8.34. The molecule has 8 nitrogen and oxygen atoms in total. The molecule has 3 aromatic rings. The number of carbonyl (C=O) groups is 1. The fraction of sp³-hybridized carbons (Fsp3) is 0.524. The first-order chi connectivity index (χ1) is 15.5. The van der Waals surface area contributed by atoms with Gasteiger partial charge in [-0.15, -0.1) is 11.3 Å².